The Bertz CT molecular complexity index is 2130. The first-order chi connectivity index (χ1) is 24.7. The fourth-order valence-corrected chi connectivity index (χ4v) is 5.25. The summed E-state index contributed by atoms with van der Waals surface area (Å²) in [5.74, 6) is 0.706. The standard InChI is InChI=1S/C38H39N7O7/c1-37(2,3)51-35(47)44-20-26(18-40-44)23-11-13-28(14-12-23)45(36(48)52-38(4,5)6)33-30-21-50-22-31(30)42-32(43-33)24-9-8-10-27(15-24)41-34(46)25-16-29(49-7)19-39-17-25/h8-20H,21-22H2,1-7H3,(H,41,46). The van der Waals surface area contributed by atoms with E-state index in [0.717, 1.165) is 10.2 Å². The molecule has 14 nitrogen and oxygen atoms in total. The summed E-state index contributed by atoms with van der Waals surface area (Å²) in [5.41, 5.74) is 3.11. The van der Waals surface area contributed by atoms with Gasteiger partial charge in [0.05, 0.1) is 49.7 Å². The minimum absolute atomic E-state index is 0.191. The number of hydrogen-bond acceptors (Lipinski definition) is 11. The van der Waals surface area contributed by atoms with Crippen molar-refractivity contribution in [3.05, 3.63) is 96.2 Å². The number of methoxy groups -OCH3 is 1. The highest BCUT2D eigenvalue weighted by atomic mass is 16.6. The van der Waals surface area contributed by atoms with Gasteiger partial charge in [-0.15, -0.1) is 0 Å². The number of nitrogens with one attached hydrogen (secondary N) is 1. The molecule has 1 N–H and O–H groups in total. The van der Waals surface area contributed by atoms with E-state index in [9.17, 15) is 14.4 Å². The highest BCUT2D eigenvalue weighted by molar-refractivity contribution is 6.04. The molecule has 3 aromatic heterocycles. The van der Waals surface area contributed by atoms with E-state index >= 15 is 0 Å². The first-order valence-electron chi connectivity index (χ1n) is 16.5. The van der Waals surface area contributed by atoms with Crippen LogP contribution in [0.15, 0.2) is 79.4 Å². The zero-order valence-electron chi connectivity index (χ0n) is 30.0. The third-order valence-electron chi connectivity index (χ3n) is 7.56. The molecule has 4 heterocycles. The largest absolute Gasteiger partial charge is 0.495 e. The topological polar surface area (TPSA) is 160 Å². The van der Waals surface area contributed by atoms with Crippen molar-refractivity contribution in [2.45, 2.75) is 66.0 Å². The highest BCUT2D eigenvalue weighted by Crippen LogP contribution is 2.36. The maximum atomic E-state index is 14.0. The van der Waals surface area contributed by atoms with E-state index in [0.29, 0.717) is 56.7 Å². The Morgan fingerprint density at radius 1 is 0.846 bits per heavy atom. The molecule has 0 unspecified atom stereocenters. The second-order valence-corrected chi connectivity index (χ2v) is 14.0. The molecular weight excluding hydrogens is 666 g/mol. The van der Waals surface area contributed by atoms with Crippen LogP contribution in [-0.2, 0) is 27.4 Å². The van der Waals surface area contributed by atoms with Crippen LogP contribution in [-0.4, -0.2) is 61.1 Å². The van der Waals surface area contributed by atoms with Crippen molar-refractivity contribution in [3.63, 3.8) is 0 Å². The molecule has 52 heavy (non-hydrogen) atoms. The van der Waals surface area contributed by atoms with Gasteiger partial charge >= 0.3 is 12.2 Å². The lowest BCUT2D eigenvalue weighted by molar-refractivity contribution is 0.0513. The monoisotopic (exact) mass is 705 g/mol. The van der Waals surface area contributed by atoms with E-state index < -0.39 is 23.4 Å². The number of rotatable bonds is 7. The van der Waals surface area contributed by atoms with Crippen LogP contribution in [0.5, 0.6) is 5.75 Å². The summed E-state index contributed by atoms with van der Waals surface area (Å²) in [4.78, 5) is 54.7. The lowest BCUT2D eigenvalue weighted by atomic mass is 10.1. The predicted octanol–water partition coefficient (Wildman–Crippen LogP) is 7.55. The van der Waals surface area contributed by atoms with Crippen LogP contribution in [0.4, 0.5) is 26.8 Å². The van der Waals surface area contributed by atoms with Crippen molar-refractivity contribution in [3.8, 4) is 28.3 Å². The van der Waals surface area contributed by atoms with E-state index in [1.54, 1.807) is 90.3 Å². The van der Waals surface area contributed by atoms with Crippen LogP contribution >= 0.6 is 0 Å². The van der Waals surface area contributed by atoms with Gasteiger partial charge in [-0.1, -0.05) is 24.3 Å². The Morgan fingerprint density at radius 3 is 2.31 bits per heavy atom. The fraction of sp³-hybridized carbons (Fsp3) is 0.289. The van der Waals surface area contributed by atoms with Gasteiger partial charge in [-0.25, -0.2) is 24.5 Å². The summed E-state index contributed by atoms with van der Waals surface area (Å²) in [5, 5.41) is 7.05. The van der Waals surface area contributed by atoms with Gasteiger partial charge in [0.15, 0.2) is 11.6 Å². The number of amides is 2. The summed E-state index contributed by atoms with van der Waals surface area (Å²) >= 11 is 0. The molecule has 0 bridgehead atoms. The number of hydrogen-bond donors (Lipinski definition) is 1. The molecule has 0 aliphatic carbocycles. The van der Waals surface area contributed by atoms with Gasteiger partial charge < -0.3 is 24.3 Å². The number of carbonyl (C=O) groups excluding carboxylic acids is 3. The molecule has 1 aliphatic heterocycles. The summed E-state index contributed by atoms with van der Waals surface area (Å²) in [7, 11) is 1.50. The molecule has 0 atom stereocenters. The van der Waals surface area contributed by atoms with Crippen molar-refractivity contribution < 1.29 is 33.3 Å². The number of ether oxygens (including phenoxy) is 4. The first-order valence-corrected chi connectivity index (χ1v) is 16.5. The maximum absolute atomic E-state index is 14.0. The normalized spacial score (nSPS) is 12.5. The van der Waals surface area contributed by atoms with Crippen LogP contribution in [0.1, 0.15) is 63.2 Å². The molecule has 0 spiro atoms. The number of anilines is 3. The second-order valence-electron chi connectivity index (χ2n) is 14.0. The van der Waals surface area contributed by atoms with Crippen molar-refractivity contribution >= 4 is 35.3 Å². The molecule has 0 saturated heterocycles. The average molecular weight is 706 g/mol. The summed E-state index contributed by atoms with van der Waals surface area (Å²) in [6, 6.07) is 15.8. The van der Waals surface area contributed by atoms with Crippen molar-refractivity contribution in [1.82, 2.24) is 24.7 Å². The Labute approximate surface area is 300 Å². The molecule has 14 heteroatoms. The number of carbonyl (C=O) groups is 3. The minimum atomic E-state index is -0.814. The molecule has 1 aliphatic rings. The molecule has 0 fully saturated rings. The van der Waals surface area contributed by atoms with E-state index in [-0.39, 0.29) is 19.1 Å². The van der Waals surface area contributed by atoms with E-state index in [1.165, 1.54) is 24.4 Å². The van der Waals surface area contributed by atoms with Crippen LogP contribution in [0.2, 0.25) is 0 Å². The number of benzene rings is 2. The summed E-state index contributed by atoms with van der Waals surface area (Å²) in [6.07, 6.45) is 4.87. The van der Waals surface area contributed by atoms with Gasteiger partial charge in [0.1, 0.15) is 17.0 Å². The zero-order chi connectivity index (χ0) is 37.2. The third kappa shape index (κ3) is 8.24. The molecule has 2 amide bonds. The summed E-state index contributed by atoms with van der Waals surface area (Å²) < 4.78 is 23.4. The van der Waals surface area contributed by atoms with Crippen LogP contribution in [0, 0.1) is 0 Å². The SMILES string of the molecule is COc1cncc(C(=O)Nc2cccc(-c3nc4c(c(N(C(=O)OC(C)(C)C)c5ccc(-c6cnn(C(=O)OC(C)(C)C)c6)cc5)n3)COC4)c2)c1. The molecule has 0 radical (unpaired) electrons. The van der Waals surface area contributed by atoms with E-state index in [1.807, 2.05) is 18.2 Å². The lowest BCUT2D eigenvalue weighted by Gasteiger charge is -2.28. The average Bonchev–Trinajstić information content (AvgIpc) is 3.78. The van der Waals surface area contributed by atoms with Crippen molar-refractivity contribution in [2.75, 3.05) is 17.3 Å². The molecule has 0 saturated carbocycles. The highest BCUT2D eigenvalue weighted by Gasteiger charge is 2.32. The van der Waals surface area contributed by atoms with Crippen LogP contribution in [0.3, 0.4) is 0 Å². The molecule has 6 rings (SSSR count). The molecule has 2 aromatic carbocycles. The smallest absolute Gasteiger partial charge is 0.435 e. The first kappa shape index (κ1) is 35.7. The zero-order valence-corrected chi connectivity index (χ0v) is 30.0. The maximum Gasteiger partial charge on any atom is 0.435 e. The molecule has 268 valence electrons. The third-order valence-corrected chi connectivity index (χ3v) is 7.56. The van der Waals surface area contributed by atoms with Gasteiger partial charge in [0.2, 0.25) is 0 Å². The van der Waals surface area contributed by atoms with Crippen molar-refractivity contribution in [2.24, 2.45) is 0 Å². The number of fused-ring (bicyclic) bond motifs is 1. The molecular formula is C38H39N7O7. The predicted molar refractivity (Wildman–Crippen MR) is 192 cm³/mol. The Morgan fingerprint density at radius 2 is 1.60 bits per heavy atom. The van der Waals surface area contributed by atoms with Gasteiger partial charge in [0, 0.05) is 34.8 Å². The Balaban J connectivity index is 1.35. The van der Waals surface area contributed by atoms with E-state index in [2.05, 4.69) is 15.4 Å². The van der Waals surface area contributed by atoms with Crippen LogP contribution < -0.4 is 15.0 Å². The van der Waals surface area contributed by atoms with Gasteiger partial charge in [-0.05, 0) is 77.4 Å². The van der Waals surface area contributed by atoms with E-state index in [4.69, 9.17) is 28.9 Å². The summed E-state index contributed by atoms with van der Waals surface area (Å²) in [6.45, 7) is 11.1. The van der Waals surface area contributed by atoms with Gasteiger partial charge in [0.25, 0.3) is 5.91 Å². The van der Waals surface area contributed by atoms with Gasteiger partial charge in [-0.2, -0.15) is 9.78 Å². The van der Waals surface area contributed by atoms with Crippen LogP contribution in [0.25, 0.3) is 22.5 Å². The Kier molecular flexibility index (Phi) is 9.76. The second kappa shape index (κ2) is 14.2. The molecule has 5 aromatic rings. The number of nitrogens with zero attached hydrogens (tertiary/aromatic N) is 6. The number of aromatic nitrogens is 5. The van der Waals surface area contributed by atoms with Gasteiger partial charge in [-0.3, -0.25) is 9.78 Å². The fourth-order valence-electron chi connectivity index (χ4n) is 5.25. The lowest BCUT2D eigenvalue weighted by Crippen LogP contribution is -2.35. The minimum Gasteiger partial charge on any atom is -0.495 e. The quantitative estimate of drug-likeness (QED) is 0.178. The number of pyridine rings is 1. The Hall–Kier alpha value is -6.15. The van der Waals surface area contributed by atoms with Crippen molar-refractivity contribution in [1.29, 1.82) is 0 Å².